The first-order valence-electron chi connectivity index (χ1n) is 2.26. The third kappa shape index (κ3) is 0.765. The Bertz CT molecular complexity index is 121. The molecule has 0 unspecified atom stereocenters. The van der Waals surface area contributed by atoms with Crippen molar-refractivity contribution in [3.8, 4) is 0 Å². The van der Waals surface area contributed by atoms with Gasteiger partial charge in [-0.2, -0.15) is 0 Å². The summed E-state index contributed by atoms with van der Waals surface area (Å²) in [6.45, 7) is 3.00. The predicted molar refractivity (Wildman–Crippen MR) is 25.7 cm³/mol. The standard InChI is InChI=1S/C4H7N3/c1-2-7-3-5-6-4-7/h3-4H,2H2,1H3. The Labute approximate surface area is 42.0 Å². The molecule has 0 saturated heterocycles. The summed E-state index contributed by atoms with van der Waals surface area (Å²) in [5.41, 5.74) is 0. The Morgan fingerprint density at radius 1 is 1.43 bits per heavy atom. The molecular weight excluding hydrogens is 90.1 g/mol. The van der Waals surface area contributed by atoms with Gasteiger partial charge in [-0.15, -0.1) is 10.2 Å². The van der Waals surface area contributed by atoms with Gasteiger partial charge in [0.2, 0.25) is 0 Å². The van der Waals surface area contributed by atoms with Crippen LogP contribution in [0.25, 0.3) is 0 Å². The minimum Gasteiger partial charge on any atom is -0.320 e. The van der Waals surface area contributed by atoms with Crippen LogP contribution >= 0.6 is 0 Å². The summed E-state index contributed by atoms with van der Waals surface area (Å²) in [6.07, 6.45) is 3.39. The van der Waals surface area contributed by atoms with Crippen LogP contribution in [0.4, 0.5) is 0 Å². The van der Waals surface area contributed by atoms with Crippen molar-refractivity contribution in [1.29, 1.82) is 0 Å². The molecule has 0 aliphatic carbocycles. The van der Waals surface area contributed by atoms with Crippen molar-refractivity contribution in [2.45, 2.75) is 13.5 Å². The third-order valence-corrected chi connectivity index (χ3v) is 0.832. The fraction of sp³-hybridized carbons (Fsp3) is 0.500. The molecule has 1 rings (SSSR count). The maximum Gasteiger partial charge on any atom is 0.119 e. The van der Waals surface area contributed by atoms with Gasteiger partial charge < -0.3 is 4.57 Å². The first-order valence-corrected chi connectivity index (χ1v) is 2.26. The van der Waals surface area contributed by atoms with E-state index in [-0.39, 0.29) is 0 Å². The molecule has 0 fully saturated rings. The smallest absolute Gasteiger partial charge is 0.119 e. The second-order valence-corrected chi connectivity index (χ2v) is 1.29. The van der Waals surface area contributed by atoms with E-state index in [9.17, 15) is 0 Å². The maximum absolute atomic E-state index is 3.61. The van der Waals surface area contributed by atoms with Gasteiger partial charge in [-0.05, 0) is 6.92 Å². The van der Waals surface area contributed by atoms with Crippen molar-refractivity contribution in [1.82, 2.24) is 14.8 Å². The second-order valence-electron chi connectivity index (χ2n) is 1.29. The molecule has 1 aromatic rings. The number of aromatic nitrogens is 3. The lowest BCUT2D eigenvalue weighted by Crippen LogP contribution is -1.86. The molecule has 1 heterocycles. The number of hydrogen-bond acceptors (Lipinski definition) is 2. The minimum atomic E-state index is 0.951. The highest BCUT2D eigenvalue weighted by atomic mass is 15.2. The average molecular weight is 97.1 g/mol. The zero-order chi connectivity index (χ0) is 5.11. The Kier molecular flexibility index (Phi) is 1.06. The van der Waals surface area contributed by atoms with E-state index in [1.807, 2.05) is 11.5 Å². The Hall–Kier alpha value is -0.860. The van der Waals surface area contributed by atoms with E-state index in [1.165, 1.54) is 0 Å². The lowest BCUT2D eigenvalue weighted by Gasteiger charge is -1.85. The van der Waals surface area contributed by atoms with Crippen LogP contribution in [0.15, 0.2) is 12.7 Å². The average Bonchev–Trinajstić information content (AvgIpc) is 2.14. The van der Waals surface area contributed by atoms with Crippen molar-refractivity contribution >= 4 is 0 Å². The van der Waals surface area contributed by atoms with Gasteiger partial charge in [0.15, 0.2) is 0 Å². The summed E-state index contributed by atoms with van der Waals surface area (Å²) in [6, 6.07) is 0. The van der Waals surface area contributed by atoms with Crippen LogP contribution < -0.4 is 0 Å². The summed E-state index contributed by atoms with van der Waals surface area (Å²) in [5, 5.41) is 7.21. The molecule has 1 aromatic heterocycles. The van der Waals surface area contributed by atoms with Gasteiger partial charge in [0.05, 0.1) is 0 Å². The van der Waals surface area contributed by atoms with Crippen LogP contribution in [-0.2, 0) is 6.54 Å². The summed E-state index contributed by atoms with van der Waals surface area (Å²) in [5.74, 6) is 0. The van der Waals surface area contributed by atoms with Gasteiger partial charge >= 0.3 is 0 Å². The highest BCUT2D eigenvalue weighted by Crippen LogP contribution is 1.76. The maximum atomic E-state index is 3.61. The van der Waals surface area contributed by atoms with Crippen LogP contribution in [-0.4, -0.2) is 14.8 Å². The monoisotopic (exact) mass is 97.1 g/mol. The predicted octanol–water partition coefficient (Wildman–Crippen LogP) is 0.298. The number of hydrogen-bond donors (Lipinski definition) is 0. The molecule has 3 heteroatoms. The first kappa shape index (κ1) is 4.30. The van der Waals surface area contributed by atoms with Crippen LogP contribution in [0.1, 0.15) is 6.92 Å². The van der Waals surface area contributed by atoms with Crippen molar-refractivity contribution in [3.63, 3.8) is 0 Å². The Morgan fingerprint density at radius 2 is 2.00 bits per heavy atom. The fourth-order valence-electron chi connectivity index (χ4n) is 0.385. The second kappa shape index (κ2) is 1.73. The van der Waals surface area contributed by atoms with Crippen molar-refractivity contribution in [2.24, 2.45) is 0 Å². The van der Waals surface area contributed by atoms with Gasteiger partial charge in [0.25, 0.3) is 0 Å². The summed E-state index contributed by atoms with van der Waals surface area (Å²) in [7, 11) is 0. The van der Waals surface area contributed by atoms with E-state index in [1.54, 1.807) is 12.7 Å². The van der Waals surface area contributed by atoms with Gasteiger partial charge in [-0.25, -0.2) is 0 Å². The third-order valence-electron chi connectivity index (χ3n) is 0.832. The summed E-state index contributed by atoms with van der Waals surface area (Å²) >= 11 is 0. The number of nitrogens with zero attached hydrogens (tertiary/aromatic N) is 3. The molecule has 0 amide bonds. The molecule has 0 bridgehead atoms. The molecule has 0 aliphatic heterocycles. The largest absolute Gasteiger partial charge is 0.320 e. The number of aryl methyl sites for hydroxylation is 1. The van der Waals surface area contributed by atoms with Crippen molar-refractivity contribution in [2.75, 3.05) is 0 Å². The molecule has 0 N–H and O–H groups in total. The molecule has 38 valence electrons. The van der Waals surface area contributed by atoms with Gasteiger partial charge in [0.1, 0.15) is 12.7 Å². The molecule has 7 heavy (non-hydrogen) atoms. The van der Waals surface area contributed by atoms with E-state index in [4.69, 9.17) is 0 Å². The van der Waals surface area contributed by atoms with E-state index in [0.29, 0.717) is 0 Å². The first-order chi connectivity index (χ1) is 3.43. The van der Waals surface area contributed by atoms with Gasteiger partial charge in [0, 0.05) is 6.54 Å². The van der Waals surface area contributed by atoms with Crippen molar-refractivity contribution in [3.05, 3.63) is 12.7 Å². The zero-order valence-electron chi connectivity index (χ0n) is 4.20. The number of rotatable bonds is 1. The zero-order valence-corrected chi connectivity index (χ0v) is 4.20. The topological polar surface area (TPSA) is 30.7 Å². The molecule has 0 saturated carbocycles. The lowest BCUT2D eigenvalue weighted by molar-refractivity contribution is 0.758. The quantitative estimate of drug-likeness (QED) is 0.504. The lowest BCUT2D eigenvalue weighted by atomic mass is 10.7. The molecule has 0 radical (unpaired) electrons. The highest BCUT2D eigenvalue weighted by molar-refractivity contribution is 4.56. The molecular formula is C4H7N3. The van der Waals surface area contributed by atoms with E-state index < -0.39 is 0 Å². The summed E-state index contributed by atoms with van der Waals surface area (Å²) in [4.78, 5) is 0. The van der Waals surface area contributed by atoms with E-state index >= 15 is 0 Å². The molecule has 0 atom stereocenters. The molecule has 3 nitrogen and oxygen atoms in total. The van der Waals surface area contributed by atoms with Crippen LogP contribution in [0, 0.1) is 0 Å². The normalized spacial score (nSPS) is 9.29. The fourth-order valence-corrected chi connectivity index (χ4v) is 0.385. The minimum absolute atomic E-state index is 0.951. The Balaban J connectivity index is 2.76. The highest BCUT2D eigenvalue weighted by Gasteiger charge is 1.78. The van der Waals surface area contributed by atoms with Crippen molar-refractivity contribution < 1.29 is 0 Å². The molecule has 0 spiro atoms. The van der Waals surface area contributed by atoms with E-state index in [0.717, 1.165) is 6.54 Å². The van der Waals surface area contributed by atoms with Crippen LogP contribution in [0.2, 0.25) is 0 Å². The molecule has 0 aliphatic rings. The SMILES string of the molecule is CCn1cnnc1. The Morgan fingerprint density at radius 3 is 2.29 bits per heavy atom. The van der Waals surface area contributed by atoms with Gasteiger partial charge in [-0.1, -0.05) is 0 Å². The molecule has 0 aromatic carbocycles. The van der Waals surface area contributed by atoms with Crippen LogP contribution in [0.5, 0.6) is 0 Å². The summed E-state index contributed by atoms with van der Waals surface area (Å²) < 4.78 is 1.90. The van der Waals surface area contributed by atoms with Crippen LogP contribution in [0.3, 0.4) is 0 Å². The van der Waals surface area contributed by atoms with E-state index in [2.05, 4.69) is 10.2 Å². The van der Waals surface area contributed by atoms with Gasteiger partial charge in [-0.3, -0.25) is 0 Å².